The summed E-state index contributed by atoms with van der Waals surface area (Å²) < 4.78 is 77.1. The molecule has 10 nitrogen and oxygen atoms in total. The number of rotatable bonds is 16. The van der Waals surface area contributed by atoms with Crippen LogP contribution in [0.1, 0.15) is 76.3 Å². The molecule has 0 amide bonds. The maximum atomic E-state index is 11.9. The molecule has 0 radical (unpaired) electrons. The van der Waals surface area contributed by atoms with Crippen molar-refractivity contribution in [2.75, 3.05) is 0 Å². The first kappa shape index (κ1) is 42.3. The minimum absolute atomic E-state index is 0. The number of unbranched alkanes of at least 4 members (excludes halogenated alkanes) is 6. The van der Waals surface area contributed by atoms with Crippen LogP contribution in [0, 0.1) is 0 Å². The van der Waals surface area contributed by atoms with Crippen LogP contribution in [-0.2, 0) is 33.1 Å². The van der Waals surface area contributed by atoms with E-state index in [-0.39, 0.29) is 65.6 Å². The molecule has 0 fully saturated rings. The number of phenols is 1. The van der Waals surface area contributed by atoms with Gasteiger partial charge in [-0.05, 0) is 85.8 Å². The topological polar surface area (TPSA) is 173 Å². The Morgan fingerprint density at radius 1 is 0.633 bits per heavy atom. The van der Waals surface area contributed by atoms with E-state index in [1.807, 2.05) is 0 Å². The largest absolute Gasteiger partial charge is 2.00 e. The zero-order valence-corrected chi connectivity index (χ0v) is 31.7. The molecular weight excluding hydrogens is 697 g/mol. The first-order valence-electron chi connectivity index (χ1n) is 15.9. The summed E-state index contributed by atoms with van der Waals surface area (Å²) in [6, 6.07) is 20.8. The minimum Gasteiger partial charge on any atom is -0.872 e. The third kappa shape index (κ3) is 14.1. The number of hydrogen-bond donors (Lipinski definition) is 2. The molecule has 4 aromatic rings. The first-order valence-corrected chi connectivity index (χ1v) is 18.8. The molecule has 13 heteroatoms. The Labute approximate surface area is 319 Å². The van der Waals surface area contributed by atoms with E-state index in [1.54, 1.807) is 30.3 Å². The van der Waals surface area contributed by atoms with Gasteiger partial charge in [0.25, 0.3) is 10.1 Å². The number of benzene rings is 4. The van der Waals surface area contributed by atoms with Gasteiger partial charge in [-0.25, -0.2) is 8.42 Å². The van der Waals surface area contributed by atoms with E-state index in [1.165, 1.54) is 54.6 Å². The van der Waals surface area contributed by atoms with Crippen molar-refractivity contribution in [2.24, 2.45) is 0 Å². The Morgan fingerprint density at radius 3 is 1.63 bits per heavy atom. The monoisotopic (exact) mass is 738 g/mol. The summed E-state index contributed by atoms with van der Waals surface area (Å²) in [5, 5.41) is 21.9. The van der Waals surface area contributed by atoms with E-state index < -0.39 is 25.1 Å². The number of aryl methyl sites for hydroxylation is 2. The molecule has 49 heavy (non-hydrogen) atoms. The molecule has 260 valence electrons. The third-order valence-corrected chi connectivity index (χ3v) is 9.15. The first-order chi connectivity index (χ1) is 22.8. The summed E-state index contributed by atoms with van der Waals surface area (Å²) in [4.78, 5) is -0.705. The summed E-state index contributed by atoms with van der Waals surface area (Å²) >= 11 is 0. The van der Waals surface area contributed by atoms with E-state index in [4.69, 9.17) is 9.47 Å². The van der Waals surface area contributed by atoms with Crippen LogP contribution < -0.4 is 14.6 Å². The molecule has 0 saturated heterocycles. The van der Waals surface area contributed by atoms with Gasteiger partial charge in [-0.1, -0.05) is 88.3 Å². The number of hydrogen-bond acceptors (Lipinski definition) is 9. The second kappa shape index (κ2) is 20.7. The predicted octanol–water partition coefficient (Wildman–Crippen LogP) is 7.75. The fraction of sp³-hybridized carbons (Fsp3) is 0.333. The normalized spacial score (nSPS) is 11.2. The molecule has 4 aromatic carbocycles. The van der Waals surface area contributed by atoms with Crippen LogP contribution in [0.15, 0.2) is 94.7 Å². The third-order valence-electron chi connectivity index (χ3n) is 7.38. The molecule has 0 atom stereocenters. The van der Waals surface area contributed by atoms with Crippen molar-refractivity contribution in [1.29, 1.82) is 0 Å². The molecule has 0 bridgehead atoms. The molecule has 4 rings (SSSR count). The van der Waals surface area contributed by atoms with Gasteiger partial charge in [-0.15, -0.1) is 5.75 Å². The Bertz CT molecular complexity index is 1710. The number of aromatic hydroxyl groups is 1. The molecule has 0 spiro atoms. The summed E-state index contributed by atoms with van der Waals surface area (Å²) in [5.41, 5.74) is 1.39. The van der Waals surface area contributed by atoms with Gasteiger partial charge in [0, 0.05) is 0 Å². The zero-order valence-electron chi connectivity index (χ0n) is 27.8. The van der Waals surface area contributed by atoms with E-state index >= 15 is 0 Å². The molecule has 0 heterocycles. The fourth-order valence-corrected chi connectivity index (χ4v) is 6.08. The minimum atomic E-state index is -4.63. The average Bonchev–Trinajstić information content (AvgIpc) is 3.04. The number of para-hydroxylation sites is 2. The number of ether oxygens (including phenoxy) is 2. The second-order valence-corrected chi connectivity index (χ2v) is 13.9. The van der Waals surface area contributed by atoms with Crippen LogP contribution in [0.3, 0.4) is 0 Å². The summed E-state index contributed by atoms with van der Waals surface area (Å²) in [7, 11) is -9.00. The molecule has 0 unspecified atom stereocenters. The molecule has 0 aromatic heterocycles. The van der Waals surface area contributed by atoms with Crippen LogP contribution in [-0.4, -0.2) is 68.8 Å². The van der Waals surface area contributed by atoms with Crippen LogP contribution in [0.5, 0.6) is 34.5 Å². The van der Waals surface area contributed by atoms with Gasteiger partial charge in [0.1, 0.15) is 43.8 Å². The molecule has 0 aliphatic carbocycles. The van der Waals surface area contributed by atoms with Gasteiger partial charge >= 0.3 is 37.7 Å². The van der Waals surface area contributed by atoms with Crippen molar-refractivity contribution in [1.82, 2.24) is 0 Å². The van der Waals surface area contributed by atoms with Crippen molar-refractivity contribution in [3.8, 4) is 34.5 Å². The van der Waals surface area contributed by atoms with E-state index in [0.29, 0.717) is 23.5 Å². The van der Waals surface area contributed by atoms with Crippen molar-refractivity contribution in [2.45, 2.75) is 87.8 Å². The van der Waals surface area contributed by atoms with E-state index in [2.05, 4.69) is 13.8 Å². The smallest absolute Gasteiger partial charge is 0.872 e. The average molecular weight is 739 g/mol. The summed E-state index contributed by atoms with van der Waals surface area (Å²) in [6.07, 6.45) is 9.93. The SMILES string of the molecule is CCCCCCc1cc(Oc2ccccc2S(=O)(=O)O)ccc1O.CCCCCCc1cc(Oc2ccccc2S(=O)(=O)[O-])ccc1[O-].[Ca+2]. The quantitative estimate of drug-likeness (QED) is 0.0657. The van der Waals surface area contributed by atoms with Gasteiger partial charge in [-0.3, -0.25) is 4.55 Å². The van der Waals surface area contributed by atoms with Crippen molar-refractivity contribution in [3.05, 3.63) is 96.1 Å². The van der Waals surface area contributed by atoms with Gasteiger partial charge in [-0.2, -0.15) is 8.42 Å². The van der Waals surface area contributed by atoms with Gasteiger partial charge < -0.3 is 24.2 Å². The van der Waals surface area contributed by atoms with Crippen LogP contribution in [0.25, 0.3) is 0 Å². The van der Waals surface area contributed by atoms with Gasteiger partial charge in [0.2, 0.25) is 0 Å². The van der Waals surface area contributed by atoms with E-state index in [0.717, 1.165) is 63.4 Å². The zero-order chi connectivity index (χ0) is 35.2. The Hall–Kier alpha value is -2.84. The molecule has 0 saturated carbocycles. The Kier molecular flexibility index (Phi) is 17.9. The van der Waals surface area contributed by atoms with Gasteiger partial charge in [0.15, 0.2) is 0 Å². The van der Waals surface area contributed by atoms with Crippen molar-refractivity contribution >= 4 is 58.0 Å². The molecule has 2 N–H and O–H groups in total. The molecular formula is C36H42CaO10S2. The van der Waals surface area contributed by atoms with Gasteiger partial charge in [0.05, 0.1) is 4.90 Å². The number of phenolic OH excluding ortho intramolecular Hbond substituents is 1. The van der Waals surface area contributed by atoms with Crippen molar-refractivity contribution < 1.29 is 45.6 Å². The Balaban J connectivity index is 0.000000333. The predicted molar refractivity (Wildman–Crippen MR) is 186 cm³/mol. The standard InChI is InChI=1S/2C18H22O5S.Ca/c2*1-2-3-4-5-8-14-13-15(11-12-16(14)19)23-17-9-6-7-10-18(17)24(20,21)22;/h2*6-7,9-13,19H,2-5,8H2,1H3,(H,20,21,22);/q;;+2/p-2. The summed E-state index contributed by atoms with van der Waals surface area (Å²) in [6.45, 7) is 4.26. The molecule has 0 aliphatic rings. The van der Waals surface area contributed by atoms with Crippen LogP contribution in [0.4, 0.5) is 0 Å². The van der Waals surface area contributed by atoms with Crippen LogP contribution in [0.2, 0.25) is 0 Å². The second-order valence-electron chi connectivity index (χ2n) is 11.2. The fourth-order valence-electron chi connectivity index (χ4n) is 4.87. The molecule has 0 aliphatic heterocycles. The van der Waals surface area contributed by atoms with E-state index in [9.17, 15) is 36.2 Å². The summed E-state index contributed by atoms with van der Waals surface area (Å²) in [5.74, 6) is 0.891. The van der Waals surface area contributed by atoms with Crippen LogP contribution >= 0.6 is 0 Å². The Morgan fingerprint density at radius 2 is 1.10 bits per heavy atom. The van der Waals surface area contributed by atoms with Crippen molar-refractivity contribution in [3.63, 3.8) is 0 Å². The maximum absolute atomic E-state index is 11.9. The maximum Gasteiger partial charge on any atom is 2.00 e.